The number of hydrogen-bond donors (Lipinski definition) is 3. The molecule has 182 valence electrons. The van der Waals surface area contributed by atoms with Gasteiger partial charge in [0.05, 0.1) is 11.1 Å². The molecule has 0 aliphatic carbocycles. The first kappa shape index (κ1) is 24.3. The van der Waals surface area contributed by atoms with E-state index in [0.29, 0.717) is 53.5 Å². The molecule has 3 aromatic carbocycles. The fourth-order valence-corrected chi connectivity index (χ4v) is 5.15. The fraction of sp³-hybridized carbons (Fsp3) is 0.310. The average molecular weight is 475 g/mol. The van der Waals surface area contributed by atoms with Gasteiger partial charge in [-0.3, -0.25) is 0 Å². The lowest BCUT2D eigenvalue weighted by Crippen LogP contribution is -2.33. The van der Waals surface area contributed by atoms with Crippen molar-refractivity contribution in [2.45, 2.75) is 59.0 Å². The summed E-state index contributed by atoms with van der Waals surface area (Å²) in [6.45, 7) is 7.75. The number of rotatable bonds is 7. The van der Waals surface area contributed by atoms with Gasteiger partial charge in [0.25, 0.3) is 0 Å². The van der Waals surface area contributed by atoms with Crippen LogP contribution in [-0.4, -0.2) is 27.3 Å². The third-order valence-corrected chi connectivity index (χ3v) is 6.97. The molecular formula is C29H30O6. The van der Waals surface area contributed by atoms with E-state index in [1.165, 1.54) is 18.2 Å². The predicted octanol–water partition coefficient (Wildman–Crippen LogP) is 5.51. The second kappa shape index (κ2) is 9.10. The molecule has 1 aliphatic heterocycles. The van der Waals surface area contributed by atoms with Crippen molar-refractivity contribution in [2.24, 2.45) is 0 Å². The van der Waals surface area contributed by atoms with Crippen LogP contribution >= 0.6 is 0 Å². The summed E-state index contributed by atoms with van der Waals surface area (Å²) < 4.78 is 6.27. The minimum atomic E-state index is -1.53. The minimum Gasteiger partial charge on any atom is -0.508 e. The number of benzene rings is 3. The van der Waals surface area contributed by atoms with Gasteiger partial charge >= 0.3 is 11.9 Å². The van der Waals surface area contributed by atoms with Crippen LogP contribution in [0.2, 0.25) is 0 Å². The Balaban J connectivity index is 2.25. The normalized spacial score (nSPS) is 14.0. The summed E-state index contributed by atoms with van der Waals surface area (Å²) in [6.07, 6.45) is 2.19. The van der Waals surface area contributed by atoms with Crippen LogP contribution in [0.15, 0.2) is 42.5 Å². The Morgan fingerprint density at radius 1 is 0.771 bits per heavy atom. The number of aryl methyl sites for hydroxylation is 2. The van der Waals surface area contributed by atoms with Crippen LogP contribution in [0.1, 0.15) is 87.4 Å². The number of carboxylic acids is 1. The summed E-state index contributed by atoms with van der Waals surface area (Å²) in [5.41, 5.74) is 3.22. The highest BCUT2D eigenvalue weighted by Gasteiger charge is 2.51. The SMILES string of the molecule is CCc1cc(O)c(CC)c(C2(c3cc(CC)cc(O)c3CC)OC(=O)c3ccc(C(=O)O)cc32)c1. The smallest absolute Gasteiger partial charge is 0.340 e. The average Bonchev–Trinajstić information content (AvgIpc) is 3.15. The van der Waals surface area contributed by atoms with Gasteiger partial charge in [0.2, 0.25) is 0 Å². The highest BCUT2D eigenvalue weighted by Crippen LogP contribution is 2.52. The van der Waals surface area contributed by atoms with E-state index in [-0.39, 0.29) is 22.6 Å². The van der Waals surface area contributed by atoms with Gasteiger partial charge in [-0.25, -0.2) is 9.59 Å². The molecule has 0 spiro atoms. The Bertz CT molecular complexity index is 1280. The number of aromatic hydroxyl groups is 2. The van der Waals surface area contributed by atoms with E-state index in [2.05, 4.69) is 0 Å². The van der Waals surface area contributed by atoms with Crippen LogP contribution < -0.4 is 0 Å². The van der Waals surface area contributed by atoms with Gasteiger partial charge in [-0.15, -0.1) is 0 Å². The van der Waals surface area contributed by atoms with Gasteiger partial charge < -0.3 is 20.1 Å². The quantitative estimate of drug-likeness (QED) is 0.390. The number of hydrogen-bond acceptors (Lipinski definition) is 5. The molecular weight excluding hydrogens is 444 g/mol. The lowest BCUT2D eigenvalue weighted by atomic mass is 9.73. The maximum atomic E-state index is 13.3. The van der Waals surface area contributed by atoms with E-state index in [1.807, 2.05) is 39.8 Å². The topological polar surface area (TPSA) is 104 Å². The maximum Gasteiger partial charge on any atom is 0.340 e. The molecule has 35 heavy (non-hydrogen) atoms. The highest BCUT2D eigenvalue weighted by molar-refractivity contribution is 5.99. The summed E-state index contributed by atoms with van der Waals surface area (Å²) >= 11 is 0. The first-order chi connectivity index (χ1) is 16.7. The van der Waals surface area contributed by atoms with E-state index >= 15 is 0 Å². The standard InChI is InChI=1S/C29H30O6/c1-5-16-11-22(19(7-3)25(30)13-16)29(23-12-17(6-2)14-26(31)20(23)8-4)24-15-18(27(32)33)9-10-21(24)28(34)35-29/h9-15,30-31H,5-8H2,1-4H3,(H,32,33). The zero-order valence-electron chi connectivity index (χ0n) is 20.4. The molecule has 3 aromatic rings. The molecule has 6 heteroatoms. The Morgan fingerprint density at radius 3 is 1.71 bits per heavy atom. The third-order valence-electron chi connectivity index (χ3n) is 6.97. The lowest BCUT2D eigenvalue weighted by Gasteiger charge is -2.35. The van der Waals surface area contributed by atoms with Gasteiger partial charge in [0.1, 0.15) is 11.5 Å². The summed E-state index contributed by atoms with van der Waals surface area (Å²) in [4.78, 5) is 25.2. The Hall–Kier alpha value is -3.80. The Morgan fingerprint density at radius 2 is 1.29 bits per heavy atom. The van der Waals surface area contributed by atoms with Crippen molar-refractivity contribution in [1.82, 2.24) is 0 Å². The maximum absolute atomic E-state index is 13.3. The second-order valence-electron chi connectivity index (χ2n) is 8.83. The van der Waals surface area contributed by atoms with Gasteiger partial charge in [0, 0.05) is 27.8 Å². The molecule has 0 atom stereocenters. The van der Waals surface area contributed by atoms with Gasteiger partial charge in [-0.05, 0) is 67.1 Å². The zero-order valence-corrected chi connectivity index (χ0v) is 20.4. The number of phenolic OH excluding ortho intramolecular Hbond substituents is 2. The molecule has 4 rings (SSSR count). The first-order valence-electron chi connectivity index (χ1n) is 12.0. The molecule has 0 fully saturated rings. The summed E-state index contributed by atoms with van der Waals surface area (Å²) in [5, 5.41) is 31.7. The highest BCUT2D eigenvalue weighted by atomic mass is 16.6. The summed E-state index contributed by atoms with van der Waals surface area (Å²) in [5.74, 6) is -1.52. The van der Waals surface area contributed by atoms with Crippen molar-refractivity contribution < 1.29 is 29.6 Å². The molecule has 0 amide bonds. The number of carbonyl (C=O) groups is 2. The second-order valence-corrected chi connectivity index (χ2v) is 8.83. The molecule has 0 saturated carbocycles. The molecule has 0 saturated heterocycles. The minimum absolute atomic E-state index is 0.0225. The van der Waals surface area contributed by atoms with E-state index in [1.54, 1.807) is 12.1 Å². The number of carboxylic acid groups (broad SMARTS) is 1. The molecule has 0 unspecified atom stereocenters. The van der Waals surface area contributed by atoms with Crippen LogP contribution in [-0.2, 0) is 36.0 Å². The first-order valence-corrected chi connectivity index (χ1v) is 12.0. The Kier molecular flexibility index (Phi) is 6.32. The molecule has 0 radical (unpaired) electrons. The number of carbonyl (C=O) groups excluding carboxylic acids is 1. The lowest BCUT2D eigenvalue weighted by molar-refractivity contribution is 0.0244. The summed E-state index contributed by atoms with van der Waals surface area (Å²) in [7, 11) is 0. The van der Waals surface area contributed by atoms with Crippen LogP contribution in [0.3, 0.4) is 0 Å². The van der Waals surface area contributed by atoms with Crippen LogP contribution in [0.5, 0.6) is 11.5 Å². The van der Waals surface area contributed by atoms with Crippen LogP contribution in [0.4, 0.5) is 0 Å². The third kappa shape index (κ3) is 3.73. The number of phenols is 2. The van der Waals surface area contributed by atoms with Crippen LogP contribution in [0.25, 0.3) is 0 Å². The van der Waals surface area contributed by atoms with Crippen molar-refractivity contribution in [3.63, 3.8) is 0 Å². The molecule has 3 N–H and O–H groups in total. The number of cyclic esters (lactones) is 1. The number of aromatic carboxylic acids is 1. The monoisotopic (exact) mass is 474 g/mol. The van der Waals surface area contributed by atoms with Crippen molar-refractivity contribution in [3.05, 3.63) is 92.5 Å². The molecule has 0 aromatic heterocycles. The fourth-order valence-electron chi connectivity index (χ4n) is 5.15. The molecule has 1 aliphatic rings. The van der Waals surface area contributed by atoms with Crippen molar-refractivity contribution in [2.75, 3.05) is 0 Å². The van der Waals surface area contributed by atoms with Gasteiger partial charge in [-0.1, -0.05) is 39.8 Å². The van der Waals surface area contributed by atoms with E-state index in [4.69, 9.17) is 4.74 Å². The van der Waals surface area contributed by atoms with Crippen molar-refractivity contribution in [3.8, 4) is 11.5 Å². The van der Waals surface area contributed by atoms with Crippen LogP contribution in [0, 0.1) is 0 Å². The largest absolute Gasteiger partial charge is 0.508 e. The van der Waals surface area contributed by atoms with Crippen molar-refractivity contribution >= 4 is 11.9 Å². The van der Waals surface area contributed by atoms with Gasteiger partial charge in [0.15, 0.2) is 5.60 Å². The van der Waals surface area contributed by atoms with E-state index < -0.39 is 17.5 Å². The molecule has 1 heterocycles. The molecule has 0 bridgehead atoms. The number of ether oxygens (including phenoxy) is 1. The van der Waals surface area contributed by atoms with Gasteiger partial charge in [-0.2, -0.15) is 0 Å². The van der Waals surface area contributed by atoms with Crippen molar-refractivity contribution in [1.29, 1.82) is 0 Å². The Labute approximate surface area is 204 Å². The number of esters is 1. The number of fused-ring (bicyclic) bond motifs is 1. The van der Waals surface area contributed by atoms with E-state index in [9.17, 15) is 24.9 Å². The van der Waals surface area contributed by atoms with E-state index in [0.717, 1.165) is 11.1 Å². The molecule has 6 nitrogen and oxygen atoms in total. The zero-order chi connectivity index (χ0) is 25.5. The summed E-state index contributed by atoms with van der Waals surface area (Å²) in [6, 6.07) is 11.6. The predicted molar refractivity (Wildman–Crippen MR) is 132 cm³/mol.